The van der Waals surface area contributed by atoms with Gasteiger partial charge in [-0.05, 0) is 29.4 Å². The van der Waals surface area contributed by atoms with Gasteiger partial charge >= 0.3 is 0 Å². The van der Waals surface area contributed by atoms with E-state index in [1.54, 1.807) is 0 Å². The first-order chi connectivity index (χ1) is 8.50. The molecule has 1 aromatic rings. The smallest absolute Gasteiger partial charge is 0.245 e. The minimum atomic E-state index is -0.466. The van der Waals surface area contributed by atoms with Crippen molar-refractivity contribution in [3.05, 3.63) is 35.4 Å². The van der Waals surface area contributed by atoms with E-state index in [2.05, 4.69) is 37.5 Å². The van der Waals surface area contributed by atoms with E-state index in [0.717, 1.165) is 12.8 Å². The van der Waals surface area contributed by atoms with Gasteiger partial charge < -0.3 is 5.73 Å². The first-order valence-electron chi connectivity index (χ1n) is 6.26. The standard InChI is InChI=1S/C14H20N2O2/c1-14(2)8-7-12(16-18-9-13(15)17)10-5-3-4-6-11(10)14/h3-6,12,16H,7-9H2,1-2H3,(H2,15,17). The summed E-state index contributed by atoms with van der Waals surface area (Å²) in [6.07, 6.45) is 2.07. The van der Waals surface area contributed by atoms with E-state index < -0.39 is 5.91 Å². The summed E-state index contributed by atoms with van der Waals surface area (Å²) >= 11 is 0. The topological polar surface area (TPSA) is 64.3 Å². The van der Waals surface area contributed by atoms with Crippen LogP contribution in [0.15, 0.2) is 24.3 Å². The van der Waals surface area contributed by atoms with Crippen molar-refractivity contribution in [3.8, 4) is 0 Å². The molecule has 4 heteroatoms. The Kier molecular flexibility index (Phi) is 3.68. The summed E-state index contributed by atoms with van der Waals surface area (Å²) in [4.78, 5) is 15.8. The lowest BCUT2D eigenvalue weighted by Gasteiger charge is -2.37. The van der Waals surface area contributed by atoms with Gasteiger partial charge in [-0.25, -0.2) is 0 Å². The van der Waals surface area contributed by atoms with Gasteiger partial charge in [0, 0.05) is 0 Å². The zero-order valence-corrected chi connectivity index (χ0v) is 10.9. The fraction of sp³-hybridized carbons (Fsp3) is 0.500. The third kappa shape index (κ3) is 2.71. The molecule has 1 amide bonds. The van der Waals surface area contributed by atoms with Gasteiger partial charge in [-0.2, -0.15) is 5.48 Å². The molecule has 0 heterocycles. The number of benzene rings is 1. The van der Waals surface area contributed by atoms with Crippen molar-refractivity contribution in [2.45, 2.75) is 38.1 Å². The second-order valence-electron chi connectivity index (χ2n) is 5.44. The van der Waals surface area contributed by atoms with Gasteiger partial charge in [0.25, 0.3) is 0 Å². The highest BCUT2D eigenvalue weighted by atomic mass is 16.6. The number of hydrogen-bond donors (Lipinski definition) is 2. The second-order valence-corrected chi connectivity index (χ2v) is 5.44. The van der Waals surface area contributed by atoms with Crippen LogP contribution in [-0.4, -0.2) is 12.5 Å². The van der Waals surface area contributed by atoms with Gasteiger partial charge in [0.1, 0.15) is 6.61 Å². The lowest BCUT2D eigenvalue weighted by Crippen LogP contribution is -2.34. The number of carbonyl (C=O) groups excluding carboxylic acids is 1. The molecule has 0 saturated heterocycles. The molecule has 0 bridgehead atoms. The lowest BCUT2D eigenvalue weighted by atomic mass is 9.71. The van der Waals surface area contributed by atoms with Crippen LogP contribution in [0.2, 0.25) is 0 Å². The Balaban J connectivity index is 2.13. The van der Waals surface area contributed by atoms with Crippen molar-refractivity contribution < 1.29 is 9.63 Å². The van der Waals surface area contributed by atoms with Crippen LogP contribution >= 0.6 is 0 Å². The number of primary amides is 1. The Morgan fingerprint density at radius 2 is 2.22 bits per heavy atom. The second kappa shape index (κ2) is 5.08. The maximum Gasteiger partial charge on any atom is 0.245 e. The van der Waals surface area contributed by atoms with Crippen molar-refractivity contribution in [1.82, 2.24) is 5.48 Å². The van der Waals surface area contributed by atoms with E-state index >= 15 is 0 Å². The van der Waals surface area contributed by atoms with Crippen LogP contribution < -0.4 is 11.2 Å². The van der Waals surface area contributed by atoms with Crippen LogP contribution in [0.1, 0.15) is 43.9 Å². The van der Waals surface area contributed by atoms with Gasteiger partial charge in [-0.1, -0.05) is 38.1 Å². The van der Waals surface area contributed by atoms with E-state index in [1.165, 1.54) is 11.1 Å². The SMILES string of the molecule is CC1(C)CCC(NOCC(N)=O)c2ccccc21. The molecule has 0 saturated carbocycles. The average molecular weight is 248 g/mol. The molecule has 0 aliphatic heterocycles. The van der Waals surface area contributed by atoms with Gasteiger partial charge in [-0.3, -0.25) is 9.63 Å². The molecule has 1 atom stereocenters. The quantitative estimate of drug-likeness (QED) is 0.799. The summed E-state index contributed by atoms with van der Waals surface area (Å²) in [5, 5.41) is 0. The first-order valence-corrected chi connectivity index (χ1v) is 6.26. The van der Waals surface area contributed by atoms with Crippen LogP contribution in [-0.2, 0) is 15.0 Å². The minimum absolute atomic E-state index is 0.0952. The highest BCUT2D eigenvalue weighted by Crippen LogP contribution is 2.41. The Hall–Kier alpha value is -1.39. The molecule has 18 heavy (non-hydrogen) atoms. The fourth-order valence-electron chi connectivity index (χ4n) is 2.55. The van der Waals surface area contributed by atoms with Crippen LogP contribution in [0.5, 0.6) is 0 Å². The number of hydrogen-bond acceptors (Lipinski definition) is 3. The zero-order valence-electron chi connectivity index (χ0n) is 10.9. The Bertz CT molecular complexity index is 443. The lowest BCUT2D eigenvalue weighted by molar-refractivity contribution is -0.126. The maximum absolute atomic E-state index is 10.6. The zero-order chi connectivity index (χ0) is 13.2. The summed E-state index contributed by atoms with van der Waals surface area (Å²) < 4.78 is 0. The monoisotopic (exact) mass is 248 g/mol. The highest BCUT2D eigenvalue weighted by molar-refractivity contribution is 5.74. The Labute approximate surface area is 107 Å². The van der Waals surface area contributed by atoms with E-state index in [-0.39, 0.29) is 18.1 Å². The average Bonchev–Trinajstić information content (AvgIpc) is 2.32. The van der Waals surface area contributed by atoms with E-state index in [0.29, 0.717) is 0 Å². The molecule has 3 N–H and O–H groups in total. The van der Waals surface area contributed by atoms with Gasteiger partial charge in [0.05, 0.1) is 6.04 Å². The van der Waals surface area contributed by atoms with Crippen LogP contribution in [0.4, 0.5) is 0 Å². The van der Waals surface area contributed by atoms with E-state index in [1.807, 2.05) is 6.07 Å². The first kappa shape index (κ1) is 13.1. The molecule has 0 fully saturated rings. The number of rotatable bonds is 4. The molecular weight excluding hydrogens is 228 g/mol. The number of fused-ring (bicyclic) bond motifs is 1. The molecule has 98 valence electrons. The molecule has 1 aromatic carbocycles. The third-order valence-electron chi connectivity index (χ3n) is 3.56. The Morgan fingerprint density at radius 3 is 2.94 bits per heavy atom. The van der Waals surface area contributed by atoms with E-state index in [9.17, 15) is 4.79 Å². The molecule has 1 unspecified atom stereocenters. The highest BCUT2D eigenvalue weighted by Gasteiger charge is 2.32. The molecule has 0 aromatic heterocycles. The van der Waals surface area contributed by atoms with Crippen molar-refractivity contribution >= 4 is 5.91 Å². The third-order valence-corrected chi connectivity index (χ3v) is 3.56. The molecule has 0 radical (unpaired) electrons. The van der Waals surface area contributed by atoms with Crippen LogP contribution in [0, 0.1) is 0 Å². The predicted octanol–water partition coefficient (Wildman–Crippen LogP) is 1.81. The summed E-state index contributed by atoms with van der Waals surface area (Å²) in [7, 11) is 0. The maximum atomic E-state index is 10.6. The number of amides is 1. The van der Waals surface area contributed by atoms with E-state index in [4.69, 9.17) is 10.6 Å². The molecule has 0 spiro atoms. The van der Waals surface area contributed by atoms with Crippen molar-refractivity contribution in [2.24, 2.45) is 5.73 Å². The molecule has 1 aliphatic carbocycles. The van der Waals surface area contributed by atoms with Crippen LogP contribution in [0.25, 0.3) is 0 Å². The summed E-state index contributed by atoms with van der Waals surface area (Å²) in [6, 6.07) is 8.50. The number of carbonyl (C=O) groups is 1. The molecule has 2 rings (SSSR count). The number of nitrogens with one attached hydrogen (secondary N) is 1. The van der Waals surface area contributed by atoms with Crippen molar-refractivity contribution in [2.75, 3.05) is 6.61 Å². The number of hydroxylamine groups is 1. The minimum Gasteiger partial charge on any atom is -0.368 e. The fourth-order valence-corrected chi connectivity index (χ4v) is 2.55. The van der Waals surface area contributed by atoms with Gasteiger partial charge in [-0.15, -0.1) is 0 Å². The summed E-state index contributed by atoms with van der Waals surface area (Å²) in [5.41, 5.74) is 10.8. The summed E-state index contributed by atoms with van der Waals surface area (Å²) in [5.74, 6) is -0.466. The summed E-state index contributed by atoms with van der Waals surface area (Å²) in [6.45, 7) is 4.42. The normalized spacial score (nSPS) is 21.3. The Morgan fingerprint density at radius 1 is 1.50 bits per heavy atom. The molecule has 1 aliphatic rings. The van der Waals surface area contributed by atoms with Crippen LogP contribution in [0.3, 0.4) is 0 Å². The van der Waals surface area contributed by atoms with Crippen molar-refractivity contribution in [1.29, 1.82) is 0 Å². The van der Waals surface area contributed by atoms with Gasteiger partial charge in [0.15, 0.2) is 0 Å². The molecule has 4 nitrogen and oxygen atoms in total. The van der Waals surface area contributed by atoms with Crippen molar-refractivity contribution in [3.63, 3.8) is 0 Å². The van der Waals surface area contributed by atoms with Gasteiger partial charge in [0.2, 0.25) is 5.91 Å². The molecular formula is C14H20N2O2. The predicted molar refractivity (Wildman–Crippen MR) is 69.7 cm³/mol. The largest absolute Gasteiger partial charge is 0.368 e. The number of nitrogens with two attached hydrogens (primary N) is 1.